The Labute approximate surface area is 150 Å². The largest absolute Gasteiger partial charge is 0.474 e. The second kappa shape index (κ2) is 6.10. The molecule has 5 rings (SSSR count). The molecule has 3 aromatic heterocycles. The lowest BCUT2D eigenvalue weighted by molar-refractivity contribution is 0.0244. The van der Waals surface area contributed by atoms with Crippen LogP contribution in [0.2, 0.25) is 0 Å². The molecule has 26 heavy (non-hydrogen) atoms. The van der Waals surface area contributed by atoms with E-state index in [1.54, 1.807) is 12.5 Å². The Bertz CT molecular complexity index is 1080. The average Bonchev–Trinajstić information content (AvgIpc) is 3.27. The topological polar surface area (TPSA) is 77.9 Å². The summed E-state index contributed by atoms with van der Waals surface area (Å²) in [6.45, 7) is 1.47. The highest BCUT2D eigenvalue weighted by molar-refractivity contribution is 5.98. The predicted molar refractivity (Wildman–Crippen MR) is 98.1 cm³/mol. The van der Waals surface area contributed by atoms with Gasteiger partial charge in [0.25, 0.3) is 0 Å². The number of rotatable bonds is 3. The van der Waals surface area contributed by atoms with Crippen LogP contribution < -0.4 is 4.74 Å². The van der Waals surface area contributed by atoms with Gasteiger partial charge in [-0.2, -0.15) is 5.10 Å². The summed E-state index contributed by atoms with van der Waals surface area (Å²) in [4.78, 5) is 12.0. The highest BCUT2D eigenvalue weighted by atomic mass is 16.5. The first-order chi connectivity index (χ1) is 12.8. The molecule has 0 radical (unpaired) electrons. The Balaban J connectivity index is 1.64. The number of nitrogens with one attached hydrogen (secondary N) is 1. The van der Waals surface area contributed by atoms with Gasteiger partial charge in [-0.15, -0.1) is 0 Å². The van der Waals surface area contributed by atoms with Gasteiger partial charge in [-0.05, 0) is 18.2 Å². The van der Waals surface area contributed by atoms with Crippen LogP contribution in [0, 0.1) is 0 Å². The van der Waals surface area contributed by atoms with Gasteiger partial charge in [-0.25, -0.2) is 9.97 Å². The van der Waals surface area contributed by atoms with Crippen LogP contribution in [0.4, 0.5) is 0 Å². The number of nitrogens with zero attached hydrogens (tertiary/aromatic N) is 4. The molecule has 132 valence electrons. The molecule has 1 saturated heterocycles. The van der Waals surface area contributed by atoms with Crippen molar-refractivity contribution in [2.24, 2.45) is 7.05 Å². The van der Waals surface area contributed by atoms with Crippen LogP contribution in [0.1, 0.15) is 12.8 Å². The predicted octanol–water partition coefficient (Wildman–Crippen LogP) is 3.07. The van der Waals surface area contributed by atoms with Crippen LogP contribution in [-0.4, -0.2) is 44.1 Å². The Morgan fingerprint density at radius 3 is 2.96 bits per heavy atom. The zero-order chi connectivity index (χ0) is 17.5. The van der Waals surface area contributed by atoms with E-state index >= 15 is 0 Å². The molecule has 1 aliphatic heterocycles. The minimum Gasteiger partial charge on any atom is -0.474 e. The number of ether oxygens (including phenoxy) is 2. The van der Waals surface area contributed by atoms with E-state index in [1.165, 1.54) is 0 Å². The van der Waals surface area contributed by atoms with E-state index in [2.05, 4.69) is 21.0 Å². The third-order valence-corrected chi connectivity index (χ3v) is 4.87. The Kier molecular flexibility index (Phi) is 3.60. The van der Waals surface area contributed by atoms with Gasteiger partial charge < -0.3 is 14.5 Å². The normalized spacial score (nSPS) is 15.7. The van der Waals surface area contributed by atoms with Crippen LogP contribution >= 0.6 is 0 Å². The third-order valence-electron chi connectivity index (χ3n) is 4.87. The van der Waals surface area contributed by atoms with Gasteiger partial charge in [0.15, 0.2) is 0 Å². The molecule has 4 heterocycles. The number of aromatic amines is 1. The molecule has 4 aromatic rings. The van der Waals surface area contributed by atoms with Crippen LogP contribution in [0.25, 0.3) is 33.2 Å². The molecule has 0 amide bonds. The van der Waals surface area contributed by atoms with Crippen molar-refractivity contribution in [1.29, 1.82) is 0 Å². The minimum atomic E-state index is 0.130. The number of fused-ring (bicyclic) bond motifs is 2. The lowest BCUT2D eigenvalue weighted by atomic mass is 10.1. The van der Waals surface area contributed by atoms with Gasteiger partial charge in [0.2, 0.25) is 5.88 Å². The molecule has 0 saturated carbocycles. The SMILES string of the molecule is Cn1nc(-c2ccc3nc[nH]c3c2)c2c(OC3CCOCC3)nccc21. The van der Waals surface area contributed by atoms with Gasteiger partial charge in [0, 0.05) is 31.6 Å². The fourth-order valence-electron chi connectivity index (χ4n) is 3.51. The summed E-state index contributed by atoms with van der Waals surface area (Å²) in [5.41, 5.74) is 4.80. The first-order valence-electron chi connectivity index (χ1n) is 8.79. The van der Waals surface area contributed by atoms with Crippen LogP contribution in [-0.2, 0) is 11.8 Å². The maximum atomic E-state index is 6.25. The molecule has 0 unspecified atom stereocenters. The summed E-state index contributed by atoms with van der Waals surface area (Å²) in [6, 6.07) is 8.07. The third kappa shape index (κ3) is 2.52. The van der Waals surface area contributed by atoms with Gasteiger partial charge >= 0.3 is 0 Å². The van der Waals surface area contributed by atoms with Crippen molar-refractivity contribution in [1.82, 2.24) is 24.7 Å². The number of aryl methyl sites for hydroxylation is 1. The molecule has 1 fully saturated rings. The average molecular weight is 349 g/mol. The Morgan fingerprint density at radius 2 is 2.08 bits per heavy atom. The molecule has 1 N–H and O–H groups in total. The van der Waals surface area contributed by atoms with Crippen LogP contribution in [0.3, 0.4) is 0 Å². The summed E-state index contributed by atoms with van der Waals surface area (Å²) in [5.74, 6) is 0.641. The van der Waals surface area contributed by atoms with E-state index in [4.69, 9.17) is 14.6 Å². The minimum absolute atomic E-state index is 0.130. The van der Waals surface area contributed by atoms with Crippen molar-refractivity contribution < 1.29 is 9.47 Å². The van der Waals surface area contributed by atoms with Crippen LogP contribution in [0.15, 0.2) is 36.8 Å². The number of H-pyrrole nitrogens is 1. The van der Waals surface area contributed by atoms with Crippen molar-refractivity contribution in [3.8, 4) is 17.1 Å². The second-order valence-corrected chi connectivity index (χ2v) is 6.55. The van der Waals surface area contributed by atoms with E-state index < -0.39 is 0 Å². The number of hydrogen-bond donors (Lipinski definition) is 1. The molecule has 7 nitrogen and oxygen atoms in total. The summed E-state index contributed by atoms with van der Waals surface area (Å²) < 4.78 is 13.6. The zero-order valence-electron chi connectivity index (χ0n) is 14.5. The molecule has 0 aliphatic carbocycles. The van der Waals surface area contributed by atoms with E-state index in [0.29, 0.717) is 5.88 Å². The second-order valence-electron chi connectivity index (χ2n) is 6.55. The number of hydrogen-bond acceptors (Lipinski definition) is 5. The smallest absolute Gasteiger partial charge is 0.225 e. The van der Waals surface area contributed by atoms with Crippen molar-refractivity contribution in [2.45, 2.75) is 18.9 Å². The van der Waals surface area contributed by atoms with Crippen LogP contribution in [0.5, 0.6) is 5.88 Å². The standard InChI is InChI=1S/C19H19N5O2/c1-24-16-4-7-20-19(26-13-5-8-25-9-6-13)17(16)18(23-24)12-2-3-14-15(10-12)22-11-21-14/h2-4,7,10-11,13H,5-6,8-9H2,1H3,(H,21,22). The maximum Gasteiger partial charge on any atom is 0.225 e. The van der Waals surface area contributed by atoms with Crippen molar-refractivity contribution in [3.63, 3.8) is 0 Å². The van der Waals surface area contributed by atoms with Gasteiger partial charge in [0.1, 0.15) is 11.8 Å². The highest BCUT2D eigenvalue weighted by Crippen LogP contribution is 2.35. The highest BCUT2D eigenvalue weighted by Gasteiger charge is 2.21. The zero-order valence-corrected chi connectivity index (χ0v) is 14.5. The van der Waals surface area contributed by atoms with Crippen molar-refractivity contribution >= 4 is 21.9 Å². The van der Waals surface area contributed by atoms with E-state index in [1.807, 2.05) is 29.9 Å². The fourth-order valence-corrected chi connectivity index (χ4v) is 3.51. The first kappa shape index (κ1) is 15.3. The molecule has 0 spiro atoms. The molecule has 1 aliphatic rings. The maximum absolute atomic E-state index is 6.25. The lowest BCUT2D eigenvalue weighted by Gasteiger charge is -2.23. The van der Waals surface area contributed by atoms with Crippen molar-refractivity contribution in [2.75, 3.05) is 13.2 Å². The summed E-state index contributed by atoms with van der Waals surface area (Å²) in [5, 5.41) is 5.69. The van der Waals surface area contributed by atoms with E-state index in [9.17, 15) is 0 Å². The van der Waals surface area contributed by atoms with Gasteiger partial charge in [0.05, 0.1) is 41.5 Å². The van der Waals surface area contributed by atoms with Gasteiger partial charge in [-0.3, -0.25) is 4.68 Å². The van der Waals surface area contributed by atoms with Crippen molar-refractivity contribution in [3.05, 3.63) is 36.8 Å². The summed E-state index contributed by atoms with van der Waals surface area (Å²) in [6.07, 6.45) is 5.37. The Hall–Kier alpha value is -2.93. The monoisotopic (exact) mass is 349 g/mol. The molecular weight excluding hydrogens is 330 g/mol. The Morgan fingerprint density at radius 1 is 1.19 bits per heavy atom. The van der Waals surface area contributed by atoms with E-state index in [-0.39, 0.29) is 6.10 Å². The fraction of sp³-hybridized carbons (Fsp3) is 0.316. The molecular formula is C19H19N5O2. The molecule has 0 atom stereocenters. The number of imidazole rings is 1. The molecule has 1 aromatic carbocycles. The number of pyridine rings is 1. The lowest BCUT2D eigenvalue weighted by Crippen LogP contribution is -2.26. The van der Waals surface area contributed by atoms with Gasteiger partial charge in [-0.1, -0.05) is 6.07 Å². The quantitative estimate of drug-likeness (QED) is 0.615. The number of benzene rings is 1. The molecule has 0 bridgehead atoms. The molecule has 7 heteroatoms. The summed E-state index contributed by atoms with van der Waals surface area (Å²) in [7, 11) is 1.94. The first-order valence-corrected chi connectivity index (χ1v) is 8.79. The number of aromatic nitrogens is 5. The summed E-state index contributed by atoms with van der Waals surface area (Å²) >= 11 is 0. The van der Waals surface area contributed by atoms with E-state index in [0.717, 1.165) is 59.2 Å².